The van der Waals surface area contributed by atoms with E-state index in [1.165, 1.54) is 16.4 Å². The number of hydrogen-bond acceptors (Lipinski definition) is 1. The molecule has 1 aromatic rings. The largest absolute Gasteiger partial charge is 0.289 e. The van der Waals surface area contributed by atoms with Crippen molar-refractivity contribution in [2.24, 2.45) is 0 Å². The standard InChI is InChI=1S/C9H10FNO2S/c10-8-3-1-2-4-9(8)11(14(12)13)7-5-6-7/h1-4,7H,5-6H2,(H,12,13). The van der Waals surface area contributed by atoms with Gasteiger partial charge in [-0.2, -0.15) is 0 Å². The van der Waals surface area contributed by atoms with Crippen molar-refractivity contribution in [3.05, 3.63) is 30.1 Å². The van der Waals surface area contributed by atoms with Crippen LogP contribution >= 0.6 is 0 Å². The van der Waals surface area contributed by atoms with Crippen LogP contribution in [0.4, 0.5) is 10.1 Å². The Morgan fingerprint density at radius 1 is 1.43 bits per heavy atom. The lowest BCUT2D eigenvalue weighted by Gasteiger charge is -2.19. The first-order chi connectivity index (χ1) is 6.70. The van der Waals surface area contributed by atoms with Crippen molar-refractivity contribution in [2.75, 3.05) is 4.31 Å². The predicted octanol–water partition coefficient (Wildman–Crippen LogP) is 1.93. The minimum atomic E-state index is -2.14. The van der Waals surface area contributed by atoms with E-state index in [-0.39, 0.29) is 11.7 Å². The Kier molecular flexibility index (Phi) is 2.52. The molecule has 0 aliphatic heterocycles. The van der Waals surface area contributed by atoms with Crippen molar-refractivity contribution in [2.45, 2.75) is 18.9 Å². The number of anilines is 1. The van der Waals surface area contributed by atoms with Crippen LogP contribution in [0.25, 0.3) is 0 Å². The van der Waals surface area contributed by atoms with E-state index in [2.05, 4.69) is 0 Å². The summed E-state index contributed by atoms with van der Waals surface area (Å²) in [5.41, 5.74) is 0.204. The van der Waals surface area contributed by atoms with Crippen molar-refractivity contribution in [3.63, 3.8) is 0 Å². The van der Waals surface area contributed by atoms with Crippen molar-refractivity contribution in [1.29, 1.82) is 0 Å². The van der Waals surface area contributed by atoms with Crippen LogP contribution in [0.3, 0.4) is 0 Å². The Hall–Kier alpha value is -0.940. The molecule has 14 heavy (non-hydrogen) atoms. The molecular formula is C9H10FNO2S. The van der Waals surface area contributed by atoms with E-state index in [0.717, 1.165) is 12.8 Å². The minimum Gasteiger partial charge on any atom is -0.289 e. The lowest BCUT2D eigenvalue weighted by molar-refractivity contribution is 0.554. The van der Waals surface area contributed by atoms with Gasteiger partial charge in [0.05, 0.1) is 5.69 Å². The van der Waals surface area contributed by atoms with Gasteiger partial charge in [-0.3, -0.25) is 8.86 Å². The zero-order valence-corrected chi connectivity index (χ0v) is 8.21. The molecule has 1 unspecified atom stereocenters. The number of benzene rings is 1. The number of halogens is 1. The zero-order valence-electron chi connectivity index (χ0n) is 7.39. The van der Waals surface area contributed by atoms with Gasteiger partial charge < -0.3 is 0 Å². The monoisotopic (exact) mass is 215 g/mol. The fraction of sp³-hybridized carbons (Fsp3) is 0.333. The molecule has 76 valence electrons. The van der Waals surface area contributed by atoms with Crippen molar-refractivity contribution in [1.82, 2.24) is 0 Å². The molecule has 1 fully saturated rings. The van der Waals surface area contributed by atoms with Crippen molar-refractivity contribution < 1.29 is 13.2 Å². The Morgan fingerprint density at radius 2 is 2.07 bits per heavy atom. The molecule has 2 rings (SSSR count). The summed E-state index contributed by atoms with van der Waals surface area (Å²) in [5, 5.41) is 0. The van der Waals surface area contributed by atoms with Crippen LogP contribution in [-0.4, -0.2) is 14.8 Å². The summed E-state index contributed by atoms with van der Waals surface area (Å²) in [5.74, 6) is -0.457. The maximum Gasteiger partial charge on any atom is 0.262 e. The first-order valence-corrected chi connectivity index (χ1v) is 5.41. The lowest BCUT2D eigenvalue weighted by Crippen LogP contribution is -2.28. The highest BCUT2D eigenvalue weighted by Gasteiger charge is 2.34. The van der Waals surface area contributed by atoms with Crippen LogP contribution in [0.1, 0.15) is 12.8 Å². The molecule has 0 radical (unpaired) electrons. The molecular weight excluding hydrogens is 205 g/mol. The lowest BCUT2D eigenvalue weighted by atomic mass is 10.3. The molecule has 0 aromatic heterocycles. The van der Waals surface area contributed by atoms with Gasteiger partial charge in [0.2, 0.25) is 0 Å². The number of para-hydroxylation sites is 1. The topological polar surface area (TPSA) is 40.5 Å². The molecule has 3 nitrogen and oxygen atoms in total. The van der Waals surface area contributed by atoms with E-state index in [9.17, 15) is 8.60 Å². The van der Waals surface area contributed by atoms with Gasteiger partial charge in [-0.25, -0.2) is 8.60 Å². The SMILES string of the molecule is O=S(O)N(c1ccccc1F)C1CC1. The maximum absolute atomic E-state index is 13.3. The average Bonchev–Trinajstić information content (AvgIpc) is 2.92. The Morgan fingerprint density at radius 3 is 2.57 bits per heavy atom. The Bertz CT molecular complexity index is 368. The average molecular weight is 215 g/mol. The molecule has 1 saturated carbocycles. The molecule has 1 aromatic carbocycles. The second kappa shape index (κ2) is 3.67. The first kappa shape index (κ1) is 9.61. The van der Waals surface area contributed by atoms with Gasteiger partial charge in [-0.15, -0.1) is 0 Å². The smallest absolute Gasteiger partial charge is 0.262 e. The summed E-state index contributed by atoms with van der Waals surface area (Å²) < 4.78 is 34.6. The van der Waals surface area contributed by atoms with Gasteiger partial charge in [0, 0.05) is 6.04 Å². The molecule has 5 heteroatoms. The van der Waals surface area contributed by atoms with E-state index >= 15 is 0 Å². The van der Waals surface area contributed by atoms with Gasteiger partial charge in [0.15, 0.2) is 0 Å². The van der Waals surface area contributed by atoms with Crippen LogP contribution < -0.4 is 4.31 Å². The molecule has 1 aliphatic carbocycles. The fourth-order valence-corrected chi connectivity index (χ4v) is 2.13. The predicted molar refractivity (Wildman–Crippen MR) is 52.7 cm³/mol. The van der Waals surface area contributed by atoms with E-state index in [4.69, 9.17) is 4.55 Å². The van der Waals surface area contributed by atoms with Gasteiger partial charge in [0.1, 0.15) is 5.82 Å². The van der Waals surface area contributed by atoms with Gasteiger partial charge in [-0.05, 0) is 25.0 Å². The van der Waals surface area contributed by atoms with E-state index < -0.39 is 17.1 Å². The normalized spacial score (nSPS) is 17.9. The summed E-state index contributed by atoms with van der Waals surface area (Å²) in [4.78, 5) is 0. The Labute approximate surface area is 84.0 Å². The van der Waals surface area contributed by atoms with Gasteiger partial charge >= 0.3 is 0 Å². The number of nitrogens with zero attached hydrogens (tertiary/aromatic N) is 1. The van der Waals surface area contributed by atoms with Crippen LogP contribution in [0.2, 0.25) is 0 Å². The van der Waals surface area contributed by atoms with Gasteiger partial charge in [0.25, 0.3) is 11.3 Å². The molecule has 0 heterocycles. The van der Waals surface area contributed by atoms with Crippen LogP contribution in [-0.2, 0) is 11.3 Å². The summed E-state index contributed by atoms with van der Waals surface area (Å²) in [7, 11) is 0. The summed E-state index contributed by atoms with van der Waals surface area (Å²) in [6.07, 6.45) is 1.70. The van der Waals surface area contributed by atoms with E-state index in [0.29, 0.717) is 0 Å². The van der Waals surface area contributed by atoms with E-state index in [1.54, 1.807) is 12.1 Å². The van der Waals surface area contributed by atoms with Crippen LogP contribution in [0, 0.1) is 5.82 Å². The molecule has 0 bridgehead atoms. The van der Waals surface area contributed by atoms with Crippen molar-refractivity contribution >= 4 is 17.0 Å². The first-order valence-electron chi connectivity index (χ1n) is 4.35. The molecule has 0 amide bonds. The van der Waals surface area contributed by atoms with Crippen LogP contribution in [0.5, 0.6) is 0 Å². The third-order valence-corrected chi connectivity index (χ3v) is 2.97. The van der Waals surface area contributed by atoms with E-state index in [1.807, 2.05) is 0 Å². The molecule has 0 saturated heterocycles. The maximum atomic E-state index is 13.3. The highest BCUT2D eigenvalue weighted by molar-refractivity contribution is 7.80. The summed E-state index contributed by atoms with van der Waals surface area (Å²) in [6, 6.07) is 6.03. The van der Waals surface area contributed by atoms with Crippen LogP contribution in [0.15, 0.2) is 24.3 Å². The molecule has 0 spiro atoms. The number of hydrogen-bond donors (Lipinski definition) is 1. The minimum absolute atomic E-state index is 0.0118. The third kappa shape index (κ3) is 1.78. The molecule has 1 atom stereocenters. The quantitative estimate of drug-likeness (QED) is 0.783. The third-order valence-electron chi connectivity index (χ3n) is 2.14. The second-order valence-corrected chi connectivity index (χ2v) is 4.09. The summed E-state index contributed by atoms with van der Waals surface area (Å²) in [6.45, 7) is 0. The fourth-order valence-electron chi connectivity index (χ4n) is 1.35. The highest BCUT2D eigenvalue weighted by atomic mass is 32.2. The van der Waals surface area contributed by atoms with Crippen molar-refractivity contribution in [3.8, 4) is 0 Å². The highest BCUT2D eigenvalue weighted by Crippen LogP contribution is 2.33. The van der Waals surface area contributed by atoms with Gasteiger partial charge in [-0.1, -0.05) is 12.1 Å². The molecule has 1 aliphatic rings. The summed E-state index contributed by atoms with van der Waals surface area (Å²) >= 11 is -2.14. The second-order valence-electron chi connectivity index (χ2n) is 3.24. The zero-order chi connectivity index (χ0) is 10.1. The Balaban J connectivity index is 2.35. The number of rotatable bonds is 3. The molecule has 1 N–H and O–H groups in total.